The maximum Gasteiger partial charge on any atom is 0.191 e. The summed E-state index contributed by atoms with van der Waals surface area (Å²) in [5, 5.41) is 6.76. The summed E-state index contributed by atoms with van der Waals surface area (Å²) in [5.41, 5.74) is 3.42. The van der Waals surface area contributed by atoms with Crippen LogP contribution in [0.25, 0.3) is 0 Å². The molecule has 8 heteroatoms. The molecule has 0 atom stereocenters. The number of aliphatic imine (C=N–C) groups is 1. The predicted octanol–water partition coefficient (Wildman–Crippen LogP) is 3.89. The second-order valence-corrected chi connectivity index (χ2v) is 7.72. The number of nitrogens with zero attached hydrogens (tertiary/aromatic N) is 3. The van der Waals surface area contributed by atoms with E-state index in [-0.39, 0.29) is 24.0 Å². The second kappa shape index (κ2) is 14.2. The van der Waals surface area contributed by atoms with E-state index < -0.39 is 0 Å². The number of nitrogens with one attached hydrogen (secondary N) is 2. The van der Waals surface area contributed by atoms with E-state index in [1.165, 1.54) is 18.4 Å². The molecule has 1 aromatic heterocycles. The van der Waals surface area contributed by atoms with Crippen LogP contribution in [0.5, 0.6) is 5.75 Å². The van der Waals surface area contributed by atoms with E-state index in [9.17, 15) is 0 Å². The molecular weight excluding hydrogens is 517 g/mol. The summed E-state index contributed by atoms with van der Waals surface area (Å²) >= 11 is 0. The SMILES string of the molecule is CCNC(=NCc1ccnc(N2CCCC2)c1)NCc1ccc(C)cc1OCCOC.I. The number of guanidine groups is 1. The minimum Gasteiger partial charge on any atom is -0.491 e. The fraction of sp³-hybridized carbons (Fsp3) is 0.500. The number of methoxy groups -OCH3 is 1. The molecule has 1 fully saturated rings. The number of aromatic nitrogens is 1. The van der Waals surface area contributed by atoms with Crippen LogP contribution in [0.2, 0.25) is 0 Å². The molecule has 0 amide bonds. The summed E-state index contributed by atoms with van der Waals surface area (Å²) in [5.74, 6) is 2.72. The van der Waals surface area contributed by atoms with Crippen molar-refractivity contribution in [1.82, 2.24) is 15.6 Å². The van der Waals surface area contributed by atoms with Gasteiger partial charge in [-0.1, -0.05) is 12.1 Å². The summed E-state index contributed by atoms with van der Waals surface area (Å²) < 4.78 is 11.0. The molecule has 0 radical (unpaired) electrons. The smallest absolute Gasteiger partial charge is 0.191 e. The first-order valence-electron chi connectivity index (χ1n) is 11.1. The van der Waals surface area contributed by atoms with Crippen LogP contribution in [-0.2, 0) is 17.8 Å². The Morgan fingerprint density at radius 2 is 1.94 bits per heavy atom. The molecule has 0 unspecified atom stereocenters. The summed E-state index contributed by atoms with van der Waals surface area (Å²) in [7, 11) is 1.68. The van der Waals surface area contributed by atoms with Gasteiger partial charge in [0.2, 0.25) is 0 Å². The van der Waals surface area contributed by atoms with Crippen molar-refractivity contribution < 1.29 is 9.47 Å². The lowest BCUT2D eigenvalue weighted by atomic mass is 10.1. The fourth-order valence-electron chi connectivity index (χ4n) is 3.55. The van der Waals surface area contributed by atoms with E-state index in [0.717, 1.165) is 48.3 Å². The first-order chi connectivity index (χ1) is 15.2. The number of benzene rings is 1. The molecule has 32 heavy (non-hydrogen) atoms. The third-order valence-corrected chi connectivity index (χ3v) is 5.22. The van der Waals surface area contributed by atoms with E-state index in [1.807, 2.05) is 12.3 Å². The summed E-state index contributed by atoms with van der Waals surface area (Å²) in [6.45, 7) is 9.44. The monoisotopic (exact) mass is 553 g/mol. The Morgan fingerprint density at radius 1 is 1.12 bits per heavy atom. The minimum atomic E-state index is 0. The van der Waals surface area contributed by atoms with E-state index >= 15 is 0 Å². The van der Waals surface area contributed by atoms with Gasteiger partial charge in [-0.25, -0.2) is 9.98 Å². The number of halogens is 1. The first-order valence-corrected chi connectivity index (χ1v) is 11.1. The van der Waals surface area contributed by atoms with Crippen molar-refractivity contribution in [2.75, 3.05) is 44.9 Å². The maximum atomic E-state index is 5.90. The van der Waals surface area contributed by atoms with Crippen molar-refractivity contribution in [1.29, 1.82) is 0 Å². The zero-order valence-electron chi connectivity index (χ0n) is 19.4. The zero-order chi connectivity index (χ0) is 21.9. The van der Waals surface area contributed by atoms with Crippen LogP contribution in [0.4, 0.5) is 5.82 Å². The molecule has 176 valence electrons. The average molecular weight is 553 g/mol. The Labute approximate surface area is 209 Å². The van der Waals surface area contributed by atoms with E-state index in [0.29, 0.717) is 26.3 Å². The molecule has 7 nitrogen and oxygen atoms in total. The van der Waals surface area contributed by atoms with Crippen molar-refractivity contribution in [2.24, 2.45) is 4.99 Å². The molecule has 2 heterocycles. The Kier molecular flexibility index (Phi) is 11.6. The van der Waals surface area contributed by atoms with E-state index in [2.05, 4.69) is 58.6 Å². The van der Waals surface area contributed by atoms with Crippen molar-refractivity contribution in [2.45, 2.75) is 39.8 Å². The number of rotatable bonds is 10. The van der Waals surface area contributed by atoms with E-state index in [4.69, 9.17) is 14.5 Å². The largest absolute Gasteiger partial charge is 0.491 e. The highest BCUT2D eigenvalue weighted by Gasteiger charge is 2.13. The molecule has 0 saturated carbocycles. The quantitative estimate of drug-likeness (QED) is 0.202. The van der Waals surface area contributed by atoms with Crippen LogP contribution in [0.1, 0.15) is 36.5 Å². The standard InChI is InChI=1S/C24H35N5O2.HI/c1-4-25-24(27-17-20-9-10-26-23(16-20)29-11-5-6-12-29)28-18-21-8-7-19(2)15-22(21)31-14-13-30-3;/h7-10,15-16H,4-6,11-14,17-18H2,1-3H3,(H2,25,27,28);1H. The predicted molar refractivity (Wildman–Crippen MR) is 141 cm³/mol. The molecule has 0 bridgehead atoms. The first kappa shape index (κ1) is 26.2. The van der Waals surface area contributed by atoms with Gasteiger partial charge in [0.15, 0.2) is 5.96 Å². The van der Waals surface area contributed by atoms with E-state index in [1.54, 1.807) is 7.11 Å². The van der Waals surface area contributed by atoms with Crippen molar-refractivity contribution in [3.05, 3.63) is 53.2 Å². The molecule has 1 aliphatic heterocycles. The van der Waals surface area contributed by atoms with Crippen LogP contribution < -0.4 is 20.3 Å². The van der Waals surface area contributed by atoms with Gasteiger partial charge in [0.05, 0.1) is 13.2 Å². The van der Waals surface area contributed by atoms with Crippen LogP contribution >= 0.6 is 24.0 Å². The van der Waals surface area contributed by atoms with Gasteiger partial charge >= 0.3 is 0 Å². The van der Waals surface area contributed by atoms with Gasteiger partial charge in [0.25, 0.3) is 0 Å². The van der Waals surface area contributed by atoms with Gasteiger partial charge in [0, 0.05) is 45.0 Å². The Bertz CT molecular complexity index is 856. The summed E-state index contributed by atoms with van der Waals surface area (Å²) in [4.78, 5) is 11.7. The molecule has 2 N–H and O–H groups in total. The van der Waals surface area contributed by atoms with Crippen molar-refractivity contribution in [3.8, 4) is 5.75 Å². The third-order valence-electron chi connectivity index (χ3n) is 5.22. The highest BCUT2D eigenvalue weighted by Crippen LogP contribution is 2.21. The van der Waals surface area contributed by atoms with Gasteiger partial charge < -0.3 is 25.0 Å². The topological polar surface area (TPSA) is 71.0 Å². The molecule has 1 saturated heterocycles. The molecular formula is C24H36IN5O2. The second-order valence-electron chi connectivity index (χ2n) is 7.72. The molecule has 0 spiro atoms. The molecule has 1 aromatic carbocycles. The lowest BCUT2D eigenvalue weighted by molar-refractivity contribution is 0.145. The highest BCUT2D eigenvalue weighted by molar-refractivity contribution is 14.0. The van der Waals surface area contributed by atoms with Gasteiger partial charge in [-0.15, -0.1) is 24.0 Å². The lowest BCUT2D eigenvalue weighted by Crippen LogP contribution is -2.36. The van der Waals surface area contributed by atoms with Crippen LogP contribution in [0.15, 0.2) is 41.5 Å². The van der Waals surface area contributed by atoms with Crippen molar-refractivity contribution >= 4 is 35.8 Å². The summed E-state index contributed by atoms with van der Waals surface area (Å²) in [6.07, 6.45) is 4.37. The molecule has 2 aromatic rings. The number of hydrogen-bond acceptors (Lipinski definition) is 5. The normalized spacial score (nSPS) is 13.6. The Morgan fingerprint density at radius 3 is 2.69 bits per heavy atom. The van der Waals surface area contributed by atoms with Gasteiger partial charge in [0.1, 0.15) is 18.2 Å². The number of anilines is 1. The molecule has 1 aliphatic rings. The van der Waals surface area contributed by atoms with Crippen LogP contribution in [-0.4, -0.2) is 50.9 Å². The number of hydrogen-bond donors (Lipinski definition) is 2. The summed E-state index contributed by atoms with van der Waals surface area (Å²) in [6, 6.07) is 10.4. The van der Waals surface area contributed by atoms with Gasteiger partial charge in [-0.2, -0.15) is 0 Å². The average Bonchev–Trinajstić information content (AvgIpc) is 3.32. The zero-order valence-corrected chi connectivity index (χ0v) is 21.7. The molecule has 3 rings (SSSR count). The van der Waals surface area contributed by atoms with Gasteiger partial charge in [-0.3, -0.25) is 0 Å². The van der Waals surface area contributed by atoms with Crippen molar-refractivity contribution in [3.63, 3.8) is 0 Å². The number of aryl methyl sites for hydroxylation is 1. The fourth-order valence-corrected chi connectivity index (χ4v) is 3.55. The molecule has 0 aliphatic carbocycles. The number of pyridine rings is 1. The van der Waals surface area contributed by atoms with Crippen LogP contribution in [0, 0.1) is 6.92 Å². The lowest BCUT2D eigenvalue weighted by Gasteiger charge is -2.17. The maximum absolute atomic E-state index is 5.90. The number of ether oxygens (including phenoxy) is 2. The highest BCUT2D eigenvalue weighted by atomic mass is 127. The van der Waals surface area contributed by atoms with Crippen LogP contribution in [0.3, 0.4) is 0 Å². The van der Waals surface area contributed by atoms with Gasteiger partial charge in [-0.05, 0) is 56.0 Å². The minimum absolute atomic E-state index is 0. The Hall–Kier alpha value is -2.07. The third kappa shape index (κ3) is 8.12. The Balaban J connectivity index is 0.00000363.